The molecule has 0 unspecified atom stereocenters. The molecule has 128 valence electrons. The third-order valence-electron chi connectivity index (χ3n) is 4.04. The molecular weight excluding hydrogens is 320 g/mol. The van der Waals surface area contributed by atoms with Gasteiger partial charge in [-0.2, -0.15) is 0 Å². The molecule has 1 heterocycles. The number of anilines is 1. The van der Waals surface area contributed by atoms with Crippen LogP contribution in [0.25, 0.3) is 10.9 Å². The van der Waals surface area contributed by atoms with Crippen molar-refractivity contribution in [3.05, 3.63) is 64.4 Å². The number of carbonyl (C=O) groups is 1. The number of benzene rings is 2. The van der Waals surface area contributed by atoms with Crippen molar-refractivity contribution in [3.63, 3.8) is 0 Å². The van der Waals surface area contributed by atoms with Gasteiger partial charge in [-0.1, -0.05) is 24.3 Å². The number of aromatic hydroxyl groups is 1. The van der Waals surface area contributed by atoms with Gasteiger partial charge in [0.25, 0.3) is 11.5 Å². The van der Waals surface area contributed by atoms with Gasteiger partial charge in [-0.05, 0) is 31.2 Å². The predicted molar refractivity (Wildman–Crippen MR) is 96.5 cm³/mol. The highest BCUT2D eigenvalue weighted by atomic mass is 16.5. The quantitative estimate of drug-likeness (QED) is 0.766. The van der Waals surface area contributed by atoms with Crippen molar-refractivity contribution in [2.24, 2.45) is 0 Å². The second-order valence-corrected chi connectivity index (χ2v) is 5.44. The summed E-state index contributed by atoms with van der Waals surface area (Å²) in [7, 11) is 1.49. The Labute approximate surface area is 144 Å². The molecule has 0 aliphatic heterocycles. The molecule has 2 N–H and O–H groups in total. The lowest BCUT2D eigenvalue weighted by Gasteiger charge is -2.14. The number of para-hydroxylation sites is 3. The molecule has 3 rings (SSSR count). The van der Waals surface area contributed by atoms with Crippen molar-refractivity contribution in [2.75, 3.05) is 12.4 Å². The van der Waals surface area contributed by atoms with Gasteiger partial charge in [-0.15, -0.1) is 0 Å². The molecule has 0 radical (unpaired) electrons. The molecule has 6 heteroatoms. The zero-order valence-corrected chi connectivity index (χ0v) is 13.9. The van der Waals surface area contributed by atoms with Crippen LogP contribution in [0.15, 0.2) is 53.3 Å². The Morgan fingerprint density at radius 1 is 1.16 bits per heavy atom. The number of nitrogens with zero attached hydrogens (tertiary/aromatic N) is 1. The fraction of sp³-hybridized carbons (Fsp3) is 0.158. The molecule has 0 spiro atoms. The molecule has 6 nitrogen and oxygen atoms in total. The standard InChI is InChI=1S/C19H18N2O4/c1-3-21-14-10-6-4-8-12(14)17(22)16(19(21)24)18(23)20-13-9-5-7-11-15(13)25-2/h4-11,22H,3H2,1-2H3,(H,20,23). The fourth-order valence-electron chi connectivity index (χ4n) is 2.84. The number of nitrogens with one attached hydrogen (secondary N) is 1. The van der Waals surface area contributed by atoms with Crippen molar-refractivity contribution in [1.29, 1.82) is 0 Å². The summed E-state index contributed by atoms with van der Waals surface area (Å²) in [6.07, 6.45) is 0. The fourth-order valence-corrected chi connectivity index (χ4v) is 2.84. The zero-order chi connectivity index (χ0) is 18.0. The van der Waals surface area contributed by atoms with Gasteiger partial charge >= 0.3 is 0 Å². The molecule has 2 aromatic carbocycles. The van der Waals surface area contributed by atoms with Crippen LogP contribution in [0.2, 0.25) is 0 Å². The molecule has 0 aliphatic carbocycles. The Balaban J connectivity index is 2.15. The maximum absolute atomic E-state index is 12.7. The number of aryl methyl sites for hydroxylation is 1. The van der Waals surface area contributed by atoms with Gasteiger partial charge in [0.05, 0.1) is 18.3 Å². The van der Waals surface area contributed by atoms with E-state index < -0.39 is 11.5 Å². The smallest absolute Gasteiger partial charge is 0.267 e. The largest absolute Gasteiger partial charge is 0.506 e. The molecule has 3 aromatic rings. The van der Waals surface area contributed by atoms with Crippen molar-refractivity contribution in [1.82, 2.24) is 4.57 Å². The van der Waals surface area contributed by atoms with Crippen molar-refractivity contribution in [3.8, 4) is 11.5 Å². The highest BCUT2D eigenvalue weighted by Gasteiger charge is 2.22. The summed E-state index contributed by atoms with van der Waals surface area (Å²) in [4.78, 5) is 25.4. The number of fused-ring (bicyclic) bond motifs is 1. The molecule has 0 bridgehead atoms. The summed E-state index contributed by atoms with van der Waals surface area (Å²) < 4.78 is 6.66. The van der Waals surface area contributed by atoms with Crippen LogP contribution in [0.3, 0.4) is 0 Å². The minimum absolute atomic E-state index is 0.286. The Bertz CT molecular complexity index is 1010. The minimum atomic E-state index is -0.681. The van der Waals surface area contributed by atoms with Gasteiger partial charge in [-0.3, -0.25) is 9.59 Å². The minimum Gasteiger partial charge on any atom is -0.506 e. The maximum atomic E-state index is 12.7. The molecular formula is C19H18N2O4. The van der Waals surface area contributed by atoms with Gasteiger partial charge < -0.3 is 19.7 Å². The molecule has 0 aliphatic rings. The predicted octanol–water partition coefficient (Wildman–Crippen LogP) is 2.99. The van der Waals surface area contributed by atoms with Crippen LogP contribution in [-0.4, -0.2) is 22.7 Å². The van der Waals surface area contributed by atoms with Gasteiger partial charge in [0, 0.05) is 11.9 Å². The van der Waals surface area contributed by atoms with Crippen LogP contribution in [0.1, 0.15) is 17.3 Å². The highest BCUT2D eigenvalue weighted by molar-refractivity contribution is 6.09. The molecule has 0 fully saturated rings. The number of amides is 1. The molecule has 0 saturated carbocycles. The van der Waals surface area contributed by atoms with E-state index in [-0.39, 0.29) is 11.3 Å². The summed E-state index contributed by atoms with van der Waals surface area (Å²) >= 11 is 0. The SMILES string of the molecule is CCn1c(=O)c(C(=O)Nc2ccccc2OC)c(O)c2ccccc21. The van der Waals surface area contributed by atoms with E-state index in [1.54, 1.807) is 48.5 Å². The van der Waals surface area contributed by atoms with E-state index in [9.17, 15) is 14.7 Å². The number of pyridine rings is 1. The first-order chi connectivity index (χ1) is 12.1. The molecule has 0 saturated heterocycles. The van der Waals surface area contributed by atoms with Crippen molar-refractivity contribution < 1.29 is 14.6 Å². The van der Waals surface area contributed by atoms with E-state index in [1.165, 1.54) is 11.7 Å². The lowest BCUT2D eigenvalue weighted by molar-refractivity contribution is 0.102. The maximum Gasteiger partial charge on any atom is 0.267 e. The first kappa shape index (κ1) is 16.6. The van der Waals surface area contributed by atoms with E-state index in [4.69, 9.17) is 4.74 Å². The van der Waals surface area contributed by atoms with E-state index in [1.807, 2.05) is 6.92 Å². The van der Waals surface area contributed by atoms with Crippen LogP contribution >= 0.6 is 0 Å². The first-order valence-corrected chi connectivity index (χ1v) is 7.87. The van der Waals surface area contributed by atoms with E-state index in [0.717, 1.165) is 0 Å². The van der Waals surface area contributed by atoms with Crippen LogP contribution in [0.5, 0.6) is 11.5 Å². The topological polar surface area (TPSA) is 80.6 Å². The van der Waals surface area contributed by atoms with Gasteiger partial charge in [0.15, 0.2) is 0 Å². The van der Waals surface area contributed by atoms with Gasteiger partial charge in [0.1, 0.15) is 17.1 Å². The average Bonchev–Trinajstić information content (AvgIpc) is 2.62. The Morgan fingerprint density at radius 3 is 2.56 bits per heavy atom. The number of ether oxygens (including phenoxy) is 1. The van der Waals surface area contributed by atoms with Crippen LogP contribution in [-0.2, 0) is 6.54 Å². The average molecular weight is 338 g/mol. The number of rotatable bonds is 4. The number of carbonyl (C=O) groups excluding carboxylic acids is 1. The summed E-state index contributed by atoms with van der Waals surface area (Å²) in [5, 5.41) is 13.6. The number of aromatic nitrogens is 1. The van der Waals surface area contributed by atoms with Crippen LogP contribution in [0.4, 0.5) is 5.69 Å². The Kier molecular flexibility index (Phi) is 4.43. The van der Waals surface area contributed by atoms with Crippen LogP contribution in [0, 0.1) is 0 Å². The number of methoxy groups -OCH3 is 1. The molecule has 1 amide bonds. The van der Waals surface area contributed by atoms with Crippen LogP contribution < -0.4 is 15.6 Å². The summed E-state index contributed by atoms with van der Waals surface area (Å²) in [6.45, 7) is 2.20. The van der Waals surface area contributed by atoms with E-state index in [0.29, 0.717) is 28.9 Å². The molecule has 25 heavy (non-hydrogen) atoms. The second kappa shape index (κ2) is 6.68. The van der Waals surface area contributed by atoms with Crippen molar-refractivity contribution >= 4 is 22.5 Å². The van der Waals surface area contributed by atoms with Gasteiger partial charge in [0.2, 0.25) is 0 Å². The molecule has 1 aromatic heterocycles. The molecule has 0 atom stereocenters. The summed E-state index contributed by atoms with van der Waals surface area (Å²) in [6, 6.07) is 13.8. The normalized spacial score (nSPS) is 10.6. The zero-order valence-electron chi connectivity index (χ0n) is 13.9. The number of hydrogen-bond donors (Lipinski definition) is 2. The first-order valence-electron chi connectivity index (χ1n) is 7.87. The van der Waals surface area contributed by atoms with E-state index >= 15 is 0 Å². The Morgan fingerprint density at radius 2 is 1.84 bits per heavy atom. The third-order valence-corrected chi connectivity index (χ3v) is 4.04. The lowest BCUT2D eigenvalue weighted by Crippen LogP contribution is -2.29. The third kappa shape index (κ3) is 2.82. The lowest BCUT2D eigenvalue weighted by atomic mass is 10.1. The van der Waals surface area contributed by atoms with E-state index in [2.05, 4.69) is 5.32 Å². The highest BCUT2D eigenvalue weighted by Crippen LogP contribution is 2.28. The van der Waals surface area contributed by atoms with Gasteiger partial charge in [-0.25, -0.2) is 0 Å². The Hall–Kier alpha value is -3.28. The monoisotopic (exact) mass is 338 g/mol. The summed E-state index contributed by atoms with van der Waals surface area (Å²) in [5.74, 6) is -0.537. The summed E-state index contributed by atoms with van der Waals surface area (Å²) in [5.41, 5.74) is 0.184. The van der Waals surface area contributed by atoms with Crippen molar-refractivity contribution in [2.45, 2.75) is 13.5 Å². The number of hydrogen-bond acceptors (Lipinski definition) is 4. The second-order valence-electron chi connectivity index (χ2n) is 5.44.